The van der Waals surface area contributed by atoms with Gasteiger partial charge in [-0.05, 0) is 23.5 Å². The Kier molecular flexibility index (Phi) is 4.86. The van der Waals surface area contributed by atoms with Gasteiger partial charge in [0, 0.05) is 43.9 Å². The number of ketones is 1. The van der Waals surface area contributed by atoms with Crippen LogP contribution >= 0.6 is 0 Å². The van der Waals surface area contributed by atoms with E-state index in [-0.39, 0.29) is 22.9 Å². The summed E-state index contributed by atoms with van der Waals surface area (Å²) in [6.07, 6.45) is 6.59. The van der Waals surface area contributed by atoms with Crippen molar-refractivity contribution in [3.05, 3.63) is 76.8 Å². The number of benzene rings is 1. The number of imidazole rings is 1. The molecule has 0 spiro atoms. The van der Waals surface area contributed by atoms with E-state index in [9.17, 15) is 9.59 Å². The van der Waals surface area contributed by atoms with Crippen molar-refractivity contribution in [3.63, 3.8) is 0 Å². The number of rotatable bonds is 5. The number of carbonyl (C=O) groups is 2. The van der Waals surface area contributed by atoms with E-state index in [4.69, 9.17) is 4.42 Å². The Morgan fingerprint density at radius 2 is 2.07 bits per heavy atom. The Bertz CT molecular complexity index is 1060. The van der Waals surface area contributed by atoms with Crippen molar-refractivity contribution in [3.8, 4) is 0 Å². The second-order valence-electron chi connectivity index (χ2n) is 8.53. The highest BCUT2D eigenvalue weighted by Gasteiger charge is 2.36. The van der Waals surface area contributed by atoms with Crippen LogP contribution in [0.5, 0.6) is 0 Å². The number of carbonyl (C=O) groups excluding carboxylic acids is 2. The van der Waals surface area contributed by atoms with Gasteiger partial charge in [-0.25, -0.2) is 4.98 Å². The Morgan fingerprint density at radius 1 is 1.28 bits per heavy atom. The zero-order chi connectivity index (χ0) is 20.6. The fourth-order valence-corrected chi connectivity index (χ4v) is 3.99. The van der Waals surface area contributed by atoms with Gasteiger partial charge in [0.1, 0.15) is 5.76 Å². The first-order valence-electron chi connectivity index (χ1n) is 9.80. The molecule has 0 aliphatic heterocycles. The maximum atomic E-state index is 12.7. The standard InChI is InChI=1S/C23H25N3O3/c1-15-20-18(27)10-23(2,3)11-19(20)29-21(15)22(28)25-12-16-5-4-6-17(9-16)13-26-8-7-24-14-26/h4-9,14H,10-13H2,1-3H3,(H,25,28). The maximum absolute atomic E-state index is 12.7. The largest absolute Gasteiger partial charge is 0.455 e. The molecule has 2 heterocycles. The van der Waals surface area contributed by atoms with Gasteiger partial charge in [-0.3, -0.25) is 9.59 Å². The minimum absolute atomic E-state index is 0.0590. The molecule has 0 bridgehead atoms. The molecule has 1 aliphatic rings. The van der Waals surface area contributed by atoms with Crippen LogP contribution in [0.25, 0.3) is 0 Å². The molecule has 1 aliphatic carbocycles. The number of nitrogens with one attached hydrogen (secondary N) is 1. The van der Waals surface area contributed by atoms with Crippen molar-refractivity contribution in [2.45, 2.75) is 46.7 Å². The average Bonchev–Trinajstić information content (AvgIpc) is 3.27. The van der Waals surface area contributed by atoms with Gasteiger partial charge >= 0.3 is 0 Å². The van der Waals surface area contributed by atoms with Gasteiger partial charge in [-0.1, -0.05) is 38.1 Å². The van der Waals surface area contributed by atoms with Gasteiger partial charge in [0.15, 0.2) is 11.5 Å². The van der Waals surface area contributed by atoms with E-state index >= 15 is 0 Å². The summed E-state index contributed by atoms with van der Waals surface area (Å²) in [6, 6.07) is 8.06. The first-order chi connectivity index (χ1) is 13.8. The van der Waals surface area contributed by atoms with Crippen molar-refractivity contribution in [2.24, 2.45) is 5.41 Å². The molecular weight excluding hydrogens is 366 g/mol. The molecule has 0 radical (unpaired) electrons. The van der Waals surface area contributed by atoms with E-state index in [0.29, 0.717) is 36.3 Å². The number of nitrogens with zero attached hydrogens (tertiary/aromatic N) is 2. The summed E-state index contributed by atoms with van der Waals surface area (Å²) in [4.78, 5) is 29.3. The number of amides is 1. The Labute approximate surface area is 169 Å². The maximum Gasteiger partial charge on any atom is 0.287 e. The van der Waals surface area contributed by atoms with Crippen LogP contribution in [-0.2, 0) is 19.5 Å². The van der Waals surface area contributed by atoms with Gasteiger partial charge in [-0.2, -0.15) is 0 Å². The molecule has 6 heteroatoms. The predicted molar refractivity (Wildman–Crippen MR) is 109 cm³/mol. The quantitative estimate of drug-likeness (QED) is 0.715. The predicted octanol–water partition coefficient (Wildman–Crippen LogP) is 3.92. The molecule has 150 valence electrons. The third-order valence-corrected chi connectivity index (χ3v) is 5.35. The first kappa shape index (κ1) is 19.2. The van der Waals surface area contributed by atoms with Crippen molar-refractivity contribution in [1.82, 2.24) is 14.9 Å². The second kappa shape index (κ2) is 7.35. The molecule has 0 unspecified atom stereocenters. The fraction of sp³-hybridized carbons (Fsp3) is 0.348. The molecule has 6 nitrogen and oxygen atoms in total. The van der Waals surface area contributed by atoms with Gasteiger partial charge in [-0.15, -0.1) is 0 Å². The molecule has 0 fully saturated rings. The number of aromatic nitrogens is 2. The highest BCUT2D eigenvalue weighted by molar-refractivity contribution is 6.03. The van der Waals surface area contributed by atoms with Crippen LogP contribution in [0.3, 0.4) is 0 Å². The lowest BCUT2D eigenvalue weighted by atomic mass is 9.76. The van der Waals surface area contributed by atoms with Gasteiger partial charge in [0.05, 0.1) is 11.9 Å². The molecule has 1 amide bonds. The number of hydrogen-bond donors (Lipinski definition) is 1. The van der Waals surface area contributed by atoms with Crippen LogP contribution in [0.2, 0.25) is 0 Å². The average molecular weight is 391 g/mol. The lowest BCUT2D eigenvalue weighted by Gasteiger charge is -2.27. The summed E-state index contributed by atoms with van der Waals surface area (Å²) < 4.78 is 7.84. The fourth-order valence-electron chi connectivity index (χ4n) is 3.99. The molecule has 1 N–H and O–H groups in total. The molecule has 2 aromatic heterocycles. The summed E-state index contributed by atoms with van der Waals surface area (Å²) in [5.74, 6) is 0.651. The Hall–Kier alpha value is -3.15. The zero-order valence-electron chi connectivity index (χ0n) is 17.0. The highest BCUT2D eigenvalue weighted by atomic mass is 16.4. The van der Waals surface area contributed by atoms with Crippen molar-refractivity contribution >= 4 is 11.7 Å². The van der Waals surface area contributed by atoms with Crippen LogP contribution in [0.4, 0.5) is 0 Å². The van der Waals surface area contributed by atoms with Gasteiger partial charge in [0.25, 0.3) is 5.91 Å². The van der Waals surface area contributed by atoms with Crippen LogP contribution in [-0.4, -0.2) is 21.2 Å². The minimum atomic E-state index is -0.289. The minimum Gasteiger partial charge on any atom is -0.455 e. The lowest BCUT2D eigenvalue weighted by Crippen LogP contribution is -2.26. The third-order valence-electron chi connectivity index (χ3n) is 5.35. The van der Waals surface area contributed by atoms with Crippen molar-refractivity contribution in [1.29, 1.82) is 0 Å². The van der Waals surface area contributed by atoms with E-state index in [2.05, 4.69) is 16.4 Å². The first-order valence-corrected chi connectivity index (χ1v) is 9.80. The molecule has 4 rings (SSSR count). The van der Waals surface area contributed by atoms with Gasteiger partial charge < -0.3 is 14.3 Å². The number of fused-ring (bicyclic) bond motifs is 1. The Morgan fingerprint density at radius 3 is 2.83 bits per heavy atom. The molecule has 3 aromatic rings. The van der Waals surface area contributed by atoms with E-state index in [0.717, 1.165) is 17.7 Å². The van der Waals surface area contributed by atoms with Crippen LogP contribution in [0.15, 0.2) is 47.4 Å². The van der Waals surface area contributed by atoms with Crippen LogP contribution < -0.4 is 5.32 Å². The number of hydrogen-bond acceptors (Lipinski definition) is 4. The molecular formula is C23H25N3O3. The summed E-state index contributed by atoms with van der Waals surface area (Å²) in [5, 5.41) is 2.92. The Balaban J connectivity index is 1.46. The monoisotopic (exact) mass is 391 g/mol. The highest BCUT2D eigenvalue weighted by Crippen LogP contribution is 2.38. The van der Waals surface area contributed by atoms with Crippen LogP contribution in [0, 0.1) is 12.3 Å². The van der Waals surface area contributed by atoms with Crippen molar-refractivity contribution < 1.29 is 14.0 Å². The number of furan rings is 1. The lowest BCUT2D eigenvalue weighted by molar-refractivity contribution is 0.0888. The summed E-state index contributed by atoms with van der Waals surface area (Å²) >= 11 is 0. The van der Waals surface area contributed by atoms with E-state index in [1.807, 2.05) is 42.8 Å². The summed E-state index contributed by atoms with van der Waals surface area (Å²) in [5.41, 5.74) is 3.23. The molecule has 0 atom stereocenters. The number of Topliss-reactive ketones (excluding diaryl/α,β-unsaturated/α-hetero) is 1. The molecule has 0 saturated carbocycles. The van der Waals surface area contributed by atoms with Crippen LogP contribution in [0.1, 0.15) is 63.6 Å². The summed E-state index contributed by atoms with van der Waals surface area (Å²) in [7, 11) is 0. The SMILES string of the molecule is Cc1c(C(=O)NCc2cccc(Cn3ccnc3)c2)oc2c1C(=O)CC(C)(C)C2. The molecule has 29 heavy (non-hydrogen) atoms. The van der Waals surface area contributed by atoms with Gasteiger partial charge in [0.2, 0.25) is 0 Å². The zero-order valence-corrected chi connectivity index (χ0v) is 17.0. The molecule has 1 aromatic carbocycles. The molecule has 0 saturated heterocycles. The van der Waals surface area contributed by atoms with E-state index < -0.39 is 0 Å². The normalized spacial score (nSPS) is 15.2. The third kappa shape index (κ3) is 4.01. The van der Waals surface area contributed by atoms with E-state index in [1.54, 1.807) is 19.4 Å². The smallest absolute Gasteiger partial charge is 0.287 e. The van der Waals surface area contributed by atoms with Crippen molar-refractivity contribution in [2.75, 3.05) is 0 Å². The summed E-state index contributed by atoms with van der Waals surface area (Å²) in [6.45, 7) is 6.99. The second-order valence-corrected chi connectivity index (χ2v) is 8.53. The topological polar surface area (TPSA) is 77.1 Å². The van der Waals surface area contributed by atoms with E-state index in [1.165, 1.54) is 0 Å².